The lowest BCUT2D eigenvalue weighted by Crippen LogP contribution is -2.45. The van der Waals surface area contributed by atoms with Crippen LogP contribution in [-0.4, -0.2) is 41.6 Å². The van der Waals surface area contributed by atoms with Gasteiger partial charge in [-0.3, -0.25) is 4.79 Å². The van der Waals surface area contributed by atoms with Gasteiger partial charge in [0, 0.05) is 6.54 Å². The van der Waals surface area contributed by atoms with Gasteiger partial charge in [0.2, 0.25) is 5.91 Å². The van der Waals surface area contributed by atoms with Crippen molar-refractivity contribution in [1.29, 1.82) is 0 Å². The first kappa shape index (κ1) is 8.68. The van der Waals surface area contributed by atoms with Crippen molar-refractivity contribution in [2.24, 2.45) is 5.73 Å². The Bertz CT molecular complexity index is 269. The Labute approximate surface area is 83.4 Å². The highest BCUT2D eigenvalue weighted by atomic mass is 16.5. The lowest BCUT2D eigenvalue weighted by Gasteiger charge is -2.29. The first-order valence-corrected chi connectivity index (χ1v) is 5.47. The number of hydrogen-bond acceptors (Lipinski definition) is 3. The number of ether oxygens (including phenoxy) is 1. The Kier molecular flexibility index (Phi) is 1.82. The summed E-state index contributed by atoms with van der Waals surface area (Å²) in [6, 6.07) is 0.0731. The van der Waals surface area contributed by atoms with Gasteiger partial charge in [0.15, 0.2) is 0 Å². The van der Waals surface area contributed by atoms with Crippen LogP contribution in [0.25, 0.3) is 0 Å². The molecule has 4 atom stereocenters. The molecule has 4 nitrogen and oxygen atoms in total. The van der Waals surface area contributed by atoms with Crippen molar-refractivity contribution in [1.82, 2.24) is 4.90 Å². The topological polar surface area (TPSA) is 55.6 Å². The van der Waals surface area contributed by atoms with Crippen molar-refractivity contribution < 1.29 is 9.53 Å². The van der Waals surface area contributed by atoms with E-state index in [1.54, 1.807) is 0 Å². The Balaban J connectivity index is 1.75. The summed E-state index contributed by atoms with van der Waals surface area (Å²) in [6.07, 6.45) is 4.85. The van der Waals surface area contributed by atoms with Crippen molar-refractivity contribution in [2.75, 3.05) is 6.54 Å². The summed E-state index contributed by atoms with van der Waals surface area (Å²) < 4.78 is 5.75. The van der Waals surface area contributed by atoms with Crippen LogP contribution >= 0.6 is 0 Å². The van der Waals surface area contributed by atoms with Gasteiger partial charge in [0.05, 0.1) is 24.3 Å². The molecule has 3 rings (SSSR count). The van der Waals surface area contributed by atoms with Crippen molar-refractivity contribution in [3.05, 3.63) is 0 Å². The highest BCUT2D eigenvalue weighted by molar-refractivity contribution is 5.84. The number of hydrogen-bond donors (Lipinski definition) is 1. The van der Waals surface area contributed by atoms with Crippen LogP contribution in [0.4, 0.5) is 0 Å². The van der Waals surface area contributed by atoms with Crippen LogP contribution in [0.5, 0.6) is 0 Å². The van der Waals surface area contributed by atoms with Crippen molar-refractivity contribution in [2.45, 2.75) is 50.0 Å². The third-order valence-electron chi connectivity index (χ3n) is 3.76. The minimum atomic E-state index is -0.255. The van der Waals surface area contributed by atoms with E-state index in [0.717, 1.165) is 25.8 Å². The molecule has 0 radical (unpaired) electrons. The lowest BCUT2D eigenvalue weighted by atomic mass is 9.94. The summed E-state index contributed by atoms with van der Waals surface area (Å²) in [6.45, 7) is 0.831. The molecule has 4 unspecified atom stereocenters. The fourth-order valence-electron chi connectivity index (χ4n) is 2.99. The van der Waals surface area contributed by atoms with E-state index in [-0.39, 0.29) is 11.9 Å². The van der Waals surface area contributed by atoms with Crippen LogP contribution in [0.2, 0.25) is 0 Å². The van der Waals surface area contributed by atoms with Gasteiger partial charge in [-0.05, 0) is 25.7 Å². The number of carbonyl (C=O) groups is 1. The van der Waals surface area contributed by atoms with E-state index in [1.807, 2.05) is 4.90 Å². The van der Waals surface area contributed by atoms with Gasteiger partial charge in [-0.15, -0.1) is 0 Å². The Morgan fingerprint density at radius 1 is 1.36 bits per heavy atom. The molecule has 2 N–H and O–H groups in total. The number of nitrogens with two attached hydrogens (primary N) is 1. The number of rotatable bonds is 1. The summed E-state index contributed by atoms with van der Waals surface area (Å²) in [5.74, 6) is 0.131. The normalized spacial score (nSPS) is 46.6. The number of nitrogens with zero attached hydrogens (tertiary/aromatic N) is 1. The third kappa shape index (κ3) is 1.10. The van der Waals surface area contributed by atoms with E-state index >= 15 is 0 Å². The summed E-state index contributed by atoms with van der Waals surface area (Å²) in [7, 11) is 0. The molecule has 3 aliphatic heterocycles. The highest BCUT2D eigenvalue weighted by Crippen LogP contribution is 2.38. The molecule has 0 aromatic heterocycles. The molecule has 2 bridgehead atoms. The summed E-state index contributed by atoms with van der Waals surface area (Å²) in [4.78, 5) is 13.7. The predicted molar refractivity (Wildman–Crippen MR) is 50.6 cm³/mol. The van der Waals surface area contributed by atoms with Gasteiger partial charge in [0.25, 0.3) is 0 Å². The van der Waals surface area contributed by atoms with Crippen molar-refractivity contribution in [3.8, 4) is 0 Å². The second kappa shape index (κ2) is 2.94. The second-order valence-corrected chi connectivity index (χ2v) is 4.60. The molecule has 0 saturated carbocycles. The van der Waals surface area contributed by atoms with Crippen LogP contribution in [-0.2, 0) is 9.53 Å². The zero-order valence-corrected chi connectivity index (χ0v) is 8.19. The molecule has 14 heavy (non-hydrogen) atoms. The standard InChI is InChI=1S/C10H16N2O2/c11-7-3-4-12(10(7)13)8-5-6-1-2-9(8)14-6/h6-9H,1-5,11H2. The fourth-order valence-corrected chi connectivity index (χ4v) is 2.99. The van der Waals surface area contributed by atoms with E-state index in [0.29, 0.717) is 18.2 Å². The number of fused-ring (bicyclic) bond motifs is 2. The van der Waals surface area contributed by atoms with Gasteiger partial charge in [-0.1, -0.05) is 0 Å². The van der Waals surface area contributed by atoms with Gasteiger partial charge >= 0.3 is 0 Å². The average Bonchev–Trinajstić information content (AvgIpc) is 2.84. The summed E-state index contributed by atoms with van der Waals surface area (Å²) >= 11 is 0. The molecule has 0 spiro atoms. The molecular formula is C10H16N2O2. The van der Waals surface area contributed by atoms with Gasteiger partial charge in [-0.2, -0.15) is 0 Å². The maximum absolute atomic E-state index is 11.7. The van der Waals surface area contributed by atoms with E-state index < -0.39 is 0 Å². The Hall–Kier alpha value is -0.610. The van der Waals surface area contributed by atoms with Crippen molar-refractivity contribution >= 4 is 5.91 Å². The molecular weight excluding hydrogens is 180 g/mol. The zero-order chi connectivity index (χ0) is 9.71. The maximum atomic E-state index is 11.7. The minimum absolute atomic E-state index is 0.131. The molecule has 3 saturated heterocycles. The van der Waals surface area contributed by atoms with Gasteiger partial charge in [-0.25, -0.2) is 0 Å². The first-order chi connectivity index (χ1) is 6.75. The molecule has 0 aliphatic carbocycles. The SMILES string of the molecule is NC1CCN(C2CC3CCC2O3)C1=O. The largest absolute Gasteiger partial charge is 0.373 e. The molecule has 3 fully saturated rings. The molecule has 4 heteroatoms. The smallest absolute Gasteiger partial charge is 0.239 e. The lowest BCUT2D eigenvalue weighted by molar-refractivity contribution is -0.131. The minimum Gasteiger partial charge on any atom is -0.373 e. The Morgan fingerprint density at radius 3 is 2.71 bits per heavy atom. The molecule has 78 valence electrons. The Morgan fingerprint density at radius 2 is 2.21 bits per heavy atom. The quantitative estimate of drug-likeness (QED) is 0.635. The molecule has 0 aromatic rings. The van der Waals surface area contributed by atoms with Crippen LogP contribution in [0.15, 0.2) is 0 Å². The van der Waals surface area contributed by atoms with Crippen LogP contribution in [0.1, 0.15) is 25.7 Å². The van der Waals surface area contributed by atoms with E-state index in [2.05, 4.69) is 0 Å². The third-order valence-corrected chi connectivity index (χ3v) is 3.76. The van der Waals surface area contributed by atoms with E-state index in [4.69, 9.17) is 10.5 Å². The van der Waals surface area contributed by atoms with Crippen LogP contribution in [0, 0.1) is 0 Å². The second-order valence-electron chi connectivity index (χ2n) is 4.60. The monoisotopic (exact) mass is 196 g/mol. The average molecular weight is 196 g/mol. The molecule has 1 amide bonds. The molecule has 3 heterocycles. The summed E-state index contributed by atoms with van der Waals surface area (Å²) in [5.41, 5.74) is 5.70. The summed E-state index contributed by atoms with van der Waals surface area (Å²) in [5, 5.41) is 0. The van der Waals surface area contributed by atoms with Gasteiger partial charge in [0.1, 0.15) is 0 Å². The van der Waals surface area contributed by atoms with E-state index in [1.165, 1.54) is 6.42 Å². The van der Waals surface area contributed by atoms with E-state index in [9.17, 15) is 4.79 Å². The van der Waals surface area contributed by atoms with Crippen LogP contribution in [0.3, 0.4) is 0 Å². The fraction of sp³-hybridized carbons (Fsp3) is 0.900. The zero-order valence-electron chi connectivity index (χ0n) is 8.19. The molecule has 3 aliphatic rings. The number of carbonyl (C=O) groups excluding carboxylic acids is 1. The number of amides is 1. The van der Waals surface area contributed by atoms with Crippen LogP contribution < -0.4 is 5.73 Å². The highest BCUT2D eigenvalue weighted by Gasteiger charge is 2.47. The maximum Gasteiger partial charge on any atom is 0.239 e. The number of likely N-dealkylation sites (tertiary alicyclic amines) is 1. The van der Waals surface area contributed by atoms with Gasteiger partial charge < -0.3 is 15.4 Å². The molecule has 0 aromatic carbocycles. The predicted octanol–water partition coefficient (Wildman–Crippen LogP) is -0.134. The first-order valence-electron chi connectivity index (χ1n) is 5.47. The van der Waals surface area contributed by atoms with Crippen molar-refractivity contribution in [3.63, 3.8) is 0 Å².